The molecular weight excluding hydrogens is 318 g/mol. The number of hydrogen-bond acceptors (Lipinski definition) is 2. The summed E-state index contributed by atoms with van der Waals surface area (Å²) < 4.78 is 6.52. The van der Waals surface area contributed by atoms with E-state index in [-0.39, 0.29) is 17.9 Å². The molecule has 1 aromatic carbocycles. The standard InChI is InChI=1S/C16H22BrNO2/c1-11-10-12(8-9-20-11)15(19)18-16(2,3)13-6-4-5-7-14(13)17/h4-7,11-12H,8-10H2,1-3H3,(H,18,19)/t11-,12+/m1/s1. The summed E-state index contributed by atoms with van der Waals surface area (Å²) in [5.41, 5.74) is 0.701. The van der Waals surface area contributed by atoms with Gasteiger partial charge in [0.2, 0.25) is 5.91 Å². The molecule has 0 saturated carbocycles. The molecule has 0 spiro atoms. The van der Waals surface area contributed by atoms with Crippen LogP contribution in [0.25, 0.3) is 0 Å². The third-order valence-corrected chi connectivity index (χ3v) is 4.53. The average Bonchev–Trinajstić information content (AvgIpc) is 2.38. The summed E-state index contributed by atoms with van der Waals surface area (Å²) in [6, 6.07) is 8.01. The predicted molar refractivity (Wildman–Crippen MR) is 83.4 cm³/mol. The predicted octanol–water partition coefficient (Wildman–Crippen LogP) is 3.62. The number of hydrogen-bond donors (Lipinski definition) is 1. The summed E-state index contributed by atoms with van der Waals surface area (Å²) in [7, 11) is 0. The fourth-order valence-electron chi connectivity index (χ4n) is 2.68. The van der Waals surface area contributed by atoms with Crippen molar-refractivity contribution >= 4 is 21.8 Å². The third-order valence-electron chi connectivity index (χ3n) is 3.84. The van der Waals surface area contributed by atoms with Gasteiger partial charge in [0.1, 0.15) is 0 Å². The van der Waals surface area contributed by atoms with E-state index in [1.807, 2.05) is 45.0 Å². The number of benzene rings is 1. The number of ether oxygens (including phenoxy) is 1. The molecule has 1 fully saturated rings. The average molecular weight is 340 g/mol. The first kappa shape index (κ1) is 15.5. The van der Waals surface area contributed by atoms with Gasteiger partial charge >= 0.3 is 0 Å². The summed E-state index contributed by atoms with van der Waals surface area (Å²) in [5.74, 6) is 0.182. The lowest BCUT2D eigenvalue weighted by Gasteiger charge is -2.32. The molecule has 0 radical (unpaired) electrons. The molecule has 1 aromatic rings. The molecule has 4 heteroatoms. The smallest absolute Gasteiger partial charge is 0.223 e. The van der Waals surface area contributed by atoms with Gasteiger partial charge in [-0.05, 0) is 45.2 Å². The maximum Gasteiger partial charge on any atom is 0.223 e. The monoisotopic (exact) mass is 339 g/mol. The summed E-state index contributed by atoms with van der Waals surface area (Å²) in [6.07, 6.45) is 1.78. The van der Waals surface area contributed by atoms with Crippen LogP contribution in [0.4, 0.5) is 0 Å². The minimum atomic E-state index is -0.390. The Balaban J connectivity index is 2.08. The van der Waals surface area contributed by atoms with Crippen molar-refractivity contribution in [1.29, 1.82) is 0 Å². The Morgan fingerprint density at radius 1 is 1.40 bits per heavy atom. The van der Waals surface area contributed by atoms with Crippen LogP contribution in [0.2, 0.25) is 0 Å². The Labute approximate surface area is 129 Å². The Bertz CT molecular complexity index is 487. The molecule has 1 heterocycles. The highest BCUT2D eigenvalue weighted by Gasteiger charge is 2.31. The molecule has 1 aliphatic heterocycles. The van der Waals surface area contributed by atoms with Gasteiger partial charge in [-0.25, -0.2) is 0 Å². The zero-order chi connectivity index (χ0) is 14.8. The fraction of sp³-hybridized carbons (Fsp3) is 0.562. The van der Waals surface area contributed by atoms with Gasteiger partial charge in [-0.2, -0.15) is 0 Å². The second-order valence-electron chi connectivity index (χ2n) is 6.00. The minimum Gasteiger partial charge on any atom is -0.378 e. The molecule has 2 atom stereocenters. The number of nitrogens with one attached hydrogen (secondary N) is 1. The number of carbonyl (C=O) groups excluding carboxylic acids is 1. The summed E-state index contributed by atoms with van der Waals surface area (Å²) in [5, 5.41) is 3.18. The first-order chi connectivity index (χ1) is 9.40. The highest BCUT2D eigenvalue weighted by molar-refractivity contribution is 9.10. The minimum absolute atomic E-state index is 0.0560. The van der Waals surface area contributed by atoms with Crippen LogP contribution in [0, 0.1) is 5.92 Å². The molecule has 1 amide bonds. The van der Waals surface area contributed by atoms with Crippen molar-refractivity contribution in [1.82, 2.24) is 5.32 Å². The second-order valence-corrected chi connectivity index (χ2v) is 6.85. The molecule has 110 valence electrons. The van der Waals surface area contributed by atoms with Crippen LogP contribution in [0.1, 0.15) is 39.2 Å². The van der Waals surface area contributed by atoms with E-state index in [1.165, 1.54) is 0 Å². The molecule has 1 N–H and O–H groups in total. The fourth-order valence-corrected chi connectivity index (χ4v) is 3.46. The van der Waals surface area contributed by atoms with Crippen LogP contribution >= 0.6 is 15.9 Å². The highest BCUT2D eigenvalue weighted by atomic mass is 79.9. The van der Waals surface area contributed by atoms with Crippen molar-refractivity contribution in [2.24, 2.45) is 5.92 Å². The zero-order valence-corrected chi connectivity index (χ0v) is 13.9. The van der Waals surface area contributed by atoms with Crippen molar-refractivity contribution in [3.8, 4) is 0 Å². The Morgan fingerprint density at radius 2 is 2.10 bits per heavy atom. The van der Waals surface area contributed by atoms with Gasteiger partial charge in [-0.15, -0.1) is 0 Å². The van der Waals surface area contributed by atoms with E-state index in [4.69, 9.17) is 4.74 Å². The van der Waals surface area contributed by atoms with Gasteiger partial charge in [-0.1, -0.05) is 34.1 Å². The Hall–Kier alpha value is -0.870. The Kier molecular flexibility index (Phi) is 4.86. The Morgan fingerprint density at radius 3 is 2.75 bits per heavy atom. The first-order valence-corrected chi connectivity index (χ1v) is 7.88. The van der Waals surface area contributed by atoms with Crippen LogP contribution in [0.3, 0.4) is 0 Å². The zero-order valence-electron chi connectivity index (χ0n) is 12.3. The summed E-state index contributed by atoms with van der Waals surface area (Å²) >= 11 is 3.56. The van der Waals surface area contributed by atoms with Crippen molar-refractivity contribution in [3.05, 3.63) is 34.3 Å². The van der Waals surface area contributed by atoms with Crippen molar-refractivity contribution < 1.29 is 9.53 Å². The van der Waals surface area contributed by atoms with Crippen LogP contribution < -0.4 is 5.32 Å². The summed E-state index contributed by atoms with van der Waals surface area (Å²) in [6.45, 7) is 6.77. The molecule has 0 aliphatic carbocycles. The van der Waals surface area contributed by atoms with Gasteiger partial charge in [0, 0.05) is 17.0 Å². The third kappa shape index (κ3) is 3.61. The SMILES string of the molecule is C[C@@H]1C[C@@H](C(=O)NC(C)(C)c2ccccc2Br)CCO1. The number of amides is 1. The van der Waals surface area contributed by atoms with E-state index in [9.17, 15) is 4.79 Å². The molecule has 2 rings (SSSR count). The van der Waals surface area contributed by atoms with Crippen LogP contribution in [0.5, 0.6) is 0 Å². The van der Waals surface area contributed by atoms with E-state index in [0.717, 1.165) is 22.9 Å². The lowest BCUT2D eigenvalue weighted by atomic mass is 9.90. The summed E-state index contributed by atoms with van der Waals surface area (Å²) in [4.78, 5) is 12.5. The van der Waals surface area contributed by atoms with Gasteiger partial charge < -0.3 is 10.1 Å². The second kappa shape index (κ2) is 6.27. The number of halogens is 1. The van der Waals surface area contributed by atoms with Crippen LogP contribution in [-0.4, -0.2) is 18.6 Å². The van der Waals surface area contributed by atoms with E-state index < -0.39 is 5.54 Å². The molecule has 1 aliphatic rings. The molecule has 0 aromatic heterocycles. The molecule has 0 bridgehead atoms. The number of carbonyl (C=O) groups is 1. The molecule has 1 saturated heterocycles. The molecule has 20 heavy (non-hydrogen) atoms. The van der Waals surface area contributed by atoms with Crippen molar-refractivity contribution in [2.45, 2.75) is 45.3 Å². The van der Waals surface area contributed by atoms with E-state index in [0.29, 0.717) is 6.61 Å². The first-order valence-electron chi connectivity index (χ1n) is 7.09. The lowest BCUT2D eigenvalue weighted by molar-refractivity contribution is -0.131. The van der Waals surface area contributed by atoms with Crippen LogP contribution in [-0.2, 0) is 15.1 Å². The normalized spacial score (nSPS) is 23.4. The van der Waals surface area contributed by atoms with Crippen molar-refractivity contribution in [3.63, 3.8) is 0 Å². The maximum absolute atomic E-state index is 12.5. The van der Waals surface area contributed by atoms with Crippen LogP contribution in [0.15, 0.2) is 28.7 Å². The van der Waals surface area contributed by atoms with Gasteiger partial charge in [0.05, 0.1) is 11.6 Å². The van der Waals surface area contributed by atoms with Crippen molar-refractivity contribution in [2.75, 3.05) is 6.61 Å². The highest BCUT2D eigenvalue weighted by Crippen LogP contribution is 2.29. The molecule has 0 unspecified atom stereocenters. The van der Waals surface area contributed by atoms with E-state index >= 15 is 0 Å². The number of rotatable bonds is 3. The lowest BCUT2D eigenvalue weighted by Crippen LogP contribution is -2.46. The molecule has 3 nitrogen and oxygen atoms in total. The van der Waals surface area contributed by atoms with Gasteiger partial charge in [0.25, 0.3) is 0 Å². The van der Waals surface area contributed by atoms with Gasteiger partial charge in [-0.3, -0.25) is 4.79 Å². The largest absolute Gasteiger partial charge is 0.378 e. The maximum atomic E-state index is 12.5. The molecular formula is C16H22BrNO2. The topological polar surface area (TPSA) is 38.3 Å². The van der Waals surface area contributed by atoms with E-state index in [2.05, 4.69) is 21.2 Å². The quantitative estimate of drug-likeness (QED) is 0.913. The van der Waals surface area contributed by atoms with Gasteiger partial charge in [0.15, 0.2) is 0 Å². The van der Waals surface area contributed by atoms with E-state index in [1.54, 1.807) is 0 Å².